The summed E-state index contributed by atoms with van der Waals surface area (Å²) in [6.45, 7) is 2.67. The van der Waals surface area contributed by atoms with Gasteiger partial charge in [-0.1, -0.05) is 30.3 Å². The molecule has 3 N–H and O–H groups in total. The van der Waals surface area contributed by atoms with Gasteiger partial charge < -0.3 is 15.7 Å². The highest BCUT2D eigenvalue weighted by Crippen LogP contribution is 2.30. The van der Waals surface area contributed by atoms with Crippen molar-refractivity contribution in [3.05, 3.63) is 57.8 Å². The molecule has 2 amide bonds. The van der Waals surface area contributed by atoms with Gasteiger partial charge in [-0.15, -0.1) is 11.3 Å². The number of benzene rings is 1. The number of hydrogen-bond acceptors (Lipinski definition) is 4. The van der Waals surface area contributed by atoms with Crippen molar-refractivity contribution in [2.24, 2.45) is 0 Å². The molecule has 1 aromatic carbocycles. The van der Waals surface area contributed by atoms with Crippen molar-refractivity contribution in [2.75, 3.05) is 26.2 Å². The summed E-state index contributed by atoms with van der Waals surface area (Å²) < 4.78 is 0. The maximum atomic E-state index is 11.8. The van der Waals surface area contributed by atoms with E-state index in [4.69, 9.17) is 5.11 Å². The number of fused-ring (bicyclic) bond motifs is 1. The molecule has 2 aromatic rings. The van der Waals surface area contributed by atoms with E-state index in [1.807, 2.05) is 29.5 Å². The number of carbonyl (C=O) groups excluding carboxylic acids is 1. The number of nitrogens with zero attached hydrogens (tertiary/aromatic N) is 1. The molecule has 0 fully saturated rings. The minimum absolute atomic E-state index is 0.0530. The maximum Gasteiger partial charge on any atom is 0.314 e. The van der Waals surface area contributed by atoms with Crippen LogP contribution >= 0.6 is 11.3 Å². The molecule has 5 nitrogen and oxygen atoms in total. The van der Waals surface area contributed by atoms with E-state index in [1.54, 1.807) is 0 Å². The molecule has 0 unspecified atom stereocenters. The molecule has 0 radical (unpaired) electrons. The molecule has 0 spiro atoms. The fourth-order valence-corrected chi connectivity index (χ4v) is 3.98. The van der Waals surface area contributed by atoms with Gasteiger partial charge in [-0.05, 0) is 29.0 Å². The van der Waals surface area contributed by atoms with Crippen LogP contribution in [-0.2, 0) is 13.0 Å². The summed E-state index contributed by atoms with van der Waals surface area (Å²) in [6.07, 6.45) is 1.06. The molecule has 6 heteroatoms. The molecule has 1 atom stereocenters. The highest BCUT2D eigenvalue weighted by atomic mass is 32.1. The van der Waals surface area contributed by atoms with Gasteiger partial charge in [-0.2, -0.15) is 0 Å². The van der Waals surface area contributed by atoms with Crippen LogP contribution in [0.15, 0.2) is 41.8 Å². The first-order valence-corrected chi connectivity index (χ1v) is 9.12. The summed E-state index contributed by atoms with van der Waals surface area (Å²) in [5.74, 6) is 0. The first-order chi connectivity index (χ1) is 11.8. The van der Waals surface area contributed by atoms with Crippen LogP contribution in [0.1, 0.15) is 22.0 Å². The zero-order chi connectivity index (χ0) is 16.8. The van der Waals surface area contributed by atoms with Gasteiger partial charge in [0.2, 0.25) is 0 Å². The van der Waals surface area contributed by atoms with E-state index in [2.05, 4.69) is 39.1 Å². The SMILES string of the molecule is O=C(NCCO)NC[C@H](c1ccccc1)N1CCc2sccc2C1. The van der Waals surface area contributed by atoms with Crippen molar-refractivity contribution < 1.29 is 9.90 Å². The van der Waals surface area contributed by atoms with E-state index in [0.717, 1.165) is 19.5 Å². The predicted molar refractivity (Wildman–Crippen MR) is 96.1 cm³/mol. The number of rotatable bonds is 6. The molecule has 0 saturated carbocycles. The highest BCUT2D eigenvalue weighted by molar-refractivity contribution is 7.10. The van der Waals surface area contributed by atoms with E-state index < -0.39 is 0 Å². The molecule has 24 heavy (non-hydrogen) atoms. The van der Waals surface area contributed by atoms with Gasteiger partial charge in [0, 0.05) is 31.1 Å². The Morgan fingerprint density at radius 1 is 1.25 bits per heavy atom. The minimum atomic E-state index is -0.238. The van der Waals surface area contributed by atoms with E-state index in [-0.39, 0.29) is 25.2 Å². The fraction of sp³-hybridized carbons (Fsp3) is 0.389. The van der Waals surface area contributed by atoms with E-state index in [0.29, 0.717) is 6.54 Å². The van der Waals surface area contributed by atoms with Crippen molar-refractivity contribution in [1.82, 2.24) is 15.5 Å². The second-order valence-corrected chi connectivity index (χ2v) is 6.88. The Kier molecular flexibility index (Phi) is 5.85. The molecule has 3 rings (SSSR count). The molecule has 128 valence electrons. The van der Waals surface area contributed by atoms with Crippen molar-refractivity contribution >= 4 is 17.4 Å². The van der Waals surface area contributed by atoms with Gasteiger partial charge in [0.1, 0.15) is 0 Å². The van der Waals surface area contributed by atoms with Crippen LogP contribution in [0.2, 0.25) is 0 Å². The molecule has 1 aliphatic rings. The van der Waals surface area contributed by atoms with E-state index in [1.165, 1.54) is 16.0 Å². The average Bonchev–Trinajstić information content (AvgIpc) is 3.09. The summed E-state index contributed by atoms with van der Waals surface area (Å²) >= 11 is 1.83. The lowest BCUT2D eigenvalue weighted by Crippen LogP contribution is -2.44. The smallest absolute Gasteiger partial charge is 0.314 e. The molecule has 1 aromatic heterocycles. The van der Waals surface area contributed by atoms with Gasteiger partial charge in [-0.25, -0.2) is 4.79 Å². The lowest BCUT2D eigenvalue weighted by atomic mass is 10.0. The Balaban J connectivity index is 1.70. The van der Waals surface area contributed by atoms with Crippen molar-refractivity contribution in [3.63, 3.8) is 0 Å². The Hall–Kier alpha value is -1.89. The zero-order valence-corrected chi connectivity index (χ0v) is 14.4. The molecule has 0 saturated heterocycles. The Morgan fingerprint density at radius 3 is 2.88 bits per heavy atom. The first-order valence-electron chi connectivity index (χ1n) is 8.24. The number of carbonyl (C=O) groups is 1. The van der Waals surface area contributed by atoms with Gasteiger partial charge >= 0.3 is 6.03 Å². The molecular weight excluding hydrogens is 322 g/mol. The number of urea groups is 1. The second-order valence-electron chi connectivity index (χ2n) is 5.88. The monoisotopic (exact) mass is 345 g/mol. The Bertz CT molecular complexity index is 659. The lowest BCUT2D eigenvalue weighted by Gasteiger charge is -2.35. The average molecular weight is 345 g/mol. The predicted octanol–water partition coefficient (Wildman–Crippen LogP) is 2.14. The van der Waals surface area contributed by atoms with Gasteiger partial charge in [-0.3, -0.25) is 4.90 Å². The number of aliphatic hydroxyl groups excluding tert-OH is 1. The molecule has 2 heterocycles. The summed E-state index contributed by atoms with van der Waals surface area (Å²) in [6, 6.07) is 12.4. The molecular formula is C18H23N3O2S. The standard InChI is InChI=1S/C18H23N3O2S/c22-10-8-19-18(23)20-12-16(14-4-2-1-3-5-14)21-9-6-17-15(13-21)7-11-24-17/h1-5,7,11,16,22H,6,8-10,12-13H2,(H2,19,20,23)/t16-/m1/s1. The molecule has 0 aliphatic carbocycles. The largest absolute Gasteiger partial charge is 0.395 e. The van der Waals surface area contributed by atoms with Crippen LogP contribution in [-0.4, -0.2) is 42.3 Å². The third-order valence-electron chi connectivity index (χ3n) is 4.32. The van der Waals surface area contributed by atoms with Gasteiger partial charge in [0.25, 0.3) is 0 Å². The van der Waals surface area contributed by atoms with Crippen LogP contribution < -0.4 is 10.6 Å². The van der Waals surface area contributed by atoms with Crippen LogP contribution in [0.3, 0.4) is 0 Å². The Morgan fingerprint density at radius 2 is 2.08 bits per heavy atom. The van der Waals surface area contributed by atoms with Gasteiger partial charge in [0.05, 0.1) is 12.6 Å². The summed E-state index contributed by atoms with van der Waals surface area (Å²) in [5, 5.41) is 16.5. The maximum absolute atomic E-state index is 11.8. The van der Waals surface area contributed by atoms with Crippen molar-refractivity contribution in [3.8, 4) is 0 Å². The number of amides is 2. The Labute approximate surface area is 146 Å². The van der Waals surface area contributed by atoms with Crippen LogP contribution in [0.5, 0.6) is 0 Å². The van der Waals surface area contributed by atoms with Crippen LogP contribution in [0.25, 0.3) is 0 Å². The molecule has 0 bridgehead atoms. The topological polar surface area (TPSA) is 64.6 Å². The third kappa shape index (κ3) is 4.14. The number of nitrogens with one attached hydrogen (secondary N) is 2. The number of hydrogen-bond donors (Lipinski definition) is 3. The normalized spacial score (nSPS) is 15.5. The van der Waals surface area contributed by atoms with Gasteiger partial charge in [0.15, 0.2) is 0 Å². The van der Waals surface area contributed by atoms with E-state index in [9.17, 15) is 4.79 Å². The lowest BCUT2D eigenvalue weighted by molar-refractivity contribution is 0.175. The van der Waals surface area contributed by atoms with E-state index >= 15 is 0 Å². The van der Waals surface area contributed by atoms with Crippen LogP contribution in [0.4, 0.5) is 4.79 Å². The number of thiophene rings is 1. The van der Waals surface area contributed by atoms with Crippen molar-refractivity contribution in [2.45, 2.75) is 19.0 Å². The minimum Gasteiger partial charge on any atom is -0.395 e. The fourth-order valence-electron chi connectivity index (χ4n) is 3.09. The summed E-state index contributed by atoms with van der Waals surface area (Å²) in [7, 11) is 0. The number of aliphatic hydroxyl groups is 1. The first kappa shape index (κ1) is 17.0. The molecule has 1 aliphatic heterocycles. The van der Waals surface area contributed by atoms with Crippen LogP contribution in [0, 0.1) is 0 Å². The highest BCUT2D eigenvalue weighted by Gasteiger charge is 2.25. The zero-order valence-electron chi connectivity index (χ0n) is 13.6. The second kappa shape index (κ2) is 8.28. The summed E-state index contributed by atoms with van der Waals surface area (Å²) in [4.78, 5) is 15.7. The van der Waals surface area contributed by atoms with Crippen molar-refractivity contribution in [1.29, 1.82) is 0 Å². The summed E-state index contributed by atoms with van der Waals surface area (Å²) in [5.41, 5.74) is 2.61. The quantitative estimate of drug-likeness (QED) is 0.752. The third-order valence-corrected chi connectivity index (χ3v) is 5.34.